The van der Waals surface area contributed by atoms with E-state index in [4.69, 9.17) is 4.74 Å². The lowest BCUT2D eigenvalue weighted by molar-refractivity contribution is -0.138. The molecule has 0 bridgehead atoms. The van der Waals surface area contributed by atoms with Crippen molar-refractivity contribution >= 4 is 5.91 Å². The van der Waals surface area contributed by atoms with E-state index in [0.29, 0.717) is 11.8 Å². The average molecular weight is 414 g/mol. The van der Waals surface area contributed by atoms with E-state index in [0.717, 1.165) is 17.7 Å². The van der Waals surface area contributed by atoms with Gasteiger partial charge in [-0.25, -0.2) is 4.39 Å². The monoisotopic (exact) mass is 414 g/mol. The van der Waals surface area contributed by atoms with Gasteiger partial charge < -0.3 is 15.2 Å². The highest BCUT2D eigenvalue weighted by Crippen LogP contribution is 2.32. The van der Waals surface area contributed by atoms with Gasteiger partial charge in [0.15, 0.2) is 0 Å². The summed E-state index contributed by atoms with van der Waals surface area (Å²) >= 11 is 0. The molecule has 2 aromatic rings. The van der Waals surface area contributed by atoms with Crippen molar-refractivity contribution in [2.75, 3.05) is 27.3 Å². The van der Waals surface area contributed by atoms with Crippen LogP contribution >= 0.6 is 0 Å². The maximum Gasteiger partial charge on any atom is 0.416 e. The van der Waals surface area contributed by atoms with Gasteiger partial charge in [-0.3, -0.25) is 9.69 Å². The minimum absolute atomic E-state index is 0.153. The Bertz CT molecular complexity index is 825. The summed E-state index contributed by atoms with van der Waals surface area (Å²) in [5.74, 6) is -0.889. The van der Waals surface area contributed by atoms with Gasteiger partial charge in [0, 0.05) is 6.54 Å². The number of nitrogens with zero attached hydrogens (tertiary/aromatic N) is 1. The van der Waals surface area contributed by atoms with Crippen LogP contribution in [-0.2, 0) is 17.5 Å². The molecule has 0 radical (unpaired) electrons. The second-order valence-electron chi connectivity index (χ2n) is 6.46. The van der Waals surface area contributed by atoms with E-state index < -0.39 is 36.1 Å². The third-order valence-corrected chi connectivity index (χ3v) is 4.45. The van der Waals surface area contributed by atoms with E-state index in [1.54, 1.807) is 36.2 Å². The number of alkyl halides is 3. The highest BCUT2D eigenvalue weighted by atomic mass is 19.4. The largest absolute Gasteiger partial charge is 0.497 e. The highest BCUT2D eigenvalue weighted by Gasteiger charge is 2.33. The second kappa shape index (κ2) is 9.71. The fraction of sp³-hybridized carbons (Fsp3) is 0.350. The van der Waals surface area contributed by atoms with Crippen LogP contribution < -0.4 is 10.1 Å². The number of nitrogens with one attached hydrogen (secondary N) is 1. The SMILES string of the molecule is COc1ccc(C(CO)N(C)CC(=O)NCc2ccc(F)cc2C(F)(F)F)cc1. The molecule has 0 heterocycles. The lowest BCUT2D eigenvalue weighted by atomic mass is 10.1. The maximum atomic E-state index is 13.2. The first kappa shape index (κ1) is 22.6. The summed E-state index contributed by atoms with van der Waals surface area (Å²) < 4.78 is 57.3. The summed E-state index contributed by atoms with van der Waals surface area (Å²) in [4.78, 5) is 13.8. The number of benzene rings is 2. The van der Waals surface area contributed by atoms with E-state index in [2.05, 4.69) is 5.32 Å². The summed E-state index contributed by atoms with van der Waals surface area (Å²) in [6, 6.07) is 8.77. The Hall–Kier alpha value is -2.65. The molecule has 2 N–H and O–H groups in total. The Morgan fingerprint density at radius 1 is 1.21 bits per heavy atom. The van der Waals surface area contributed by atoms with Crippen molar-refractivity contribution in [1.29, 1.82) is 0 Å². The van der Waals surface area contributed by atoms with E-state index >= 15 is 0 Å². The number of amides is 1. The van der Waals surface area contributed by atoms with Crippen molar-refractivity contribution in [3.05, 3.63) is 65.0 Å². The zero-order chi connectivity index (χ0) is 21.6. The number of methoxy groups -OCH3 is 1. The molecule has 9 heteroatoms. The summed E-state index contributed by atoms with van der Waals surface area (Å²) in [5, 5.41) is 12.1. The van der Waals surface area contributed by atoms with E-state index in [-0.39, 0.29) is 18.7 Å². The molecule has 158 valence electrons. The standard InChI is InChI=1S/C20H22F4N2O3/c1-26(18(12-27)13-4-7-16(29-2)8-5-13)11-19(28)25-10-14-3-6-15(21)9-17(14)20(22,23)24/h3-9,18,27H,10-12H2,1-2H3,(H,25,28). The molecule has 0 aromatic heterocycles. The van der Waals surface area contributed by atoms with Crippen LogP contribution in [0.1, 0.15) is 22.7 Å². The van der Waals surface area contributed by atoms with Crippen molar-refractivity contribution in [2.45, 2.75) is 18.8 Å². The van der Waals surface area contributed by atoms with E-state index in [1.807, 2.05) is 0 Å². The fourth-order valence-electron chi connectivity index (χ4n) is 2.88. The van der Waals surface area contributed by atoms with Gasteiger partial charge in [0.1, 0.15) is 11.6 Å². The van der Waals surface area contributed by atoms with E-state index in [1.165, 1.54) is 7.11 Å². The third-order valence-electron chi connectivity index (χ3n) is 4.45. The number of hydrogen-bond donors (Lipinski definition) is 2. The molecule has 29 heavy (non-hydrogen) atoms. The molecule has 2 rings (SSSR count). The number of hydrogen-bond acceptors (Lipinski definition) is 4. The third kappa shape index (κ3) is 6.16. The van der Waals surface area contributed by atoms with Gasteiger partial charge in [-0.05, 0) is 42.4 Å². The number of carbonyl (C=O) groups excluding carboxylic acids is 1. The Balaban J connectivity index is 2.01. The number of carbonyl (C=O) groups is 1. The van der Waals surface area contributed by atoms with Crippen LogP contribution in [0.2, 0.25) is 0 Å². The minimum atomic E-state index is -4.73. The van der Waals surface area contributed by atoms with Crippen molar-refractivity contribution in [1.82, 2.24) is 10.2 Å². The van der Waals surface area contributed by atoms with Crippen LogP contribution in [-0.4, -0.2) is 43.2 Å². The molecule has 0 saturated heterocycles. The zero-order valence-corrected chi connectivity index (χ0v) is 16.0. The summed E-state index contributed by atoms with van der Waals surface area (Å²) in [6.07, 6.45) is -4.73. The average Bonchev–Trinajstić information content (AvgIpc) is 2.67. The summed E-state index contributed by atoms with van der Waals surface area (Å²) in [5.41, 5.74) is -0.608. The van der Waals surface area contributed by atoms with Gasteiger partial charge in [-0.1, -0.05) is 18.2 Å². The van der Waals surface area contributed by atoms with Gasteiger partial charge >= 0.3 is 6.18 Å². The summed E-state index contributed by atoms with van der Waals surface area (Å²) in [7, 11) is 3.14. The number of aliphatic hydroxyl groups excluding tert-OH is 1. The van der Waals surface area contributed by atoms with Crippen LogP contribution in [0.25, 0.3) is 0 Å². The predicted molar refractivity (Wildman–Crippen MR) is 98.7 cm³/mol. The van der Waals surface area contributed by atoms with Crippen molar-refractivity contribution in [3.8, 4) is 5.75 Å². The van der Waals surface area contributed by atoms with Crippen LogP contribution in [0.15, 0.2) is 42.5 Å². The first-order valence-electron chi connectivity index (χ1n) is 8.73. The molecule has 1 amide bonds. The zero-order valence-electron chi connectivity index (χ0n) is 16.0. The van der Waals surface area contributed by atoms with Gasteiger partial charge in [-0.15, -0.1) is 0 Å². The molecular weight excluding hydrogens is 392 g/mol. The minimum Gasteiger partial charge on any atom is -0.497 e. The van der Waals surface area contributed by atoms with Crippen molar-refractivity contribution in [2.24, 2.45) is 0 Å². The molecule has 1 atom stereocenters. The lowest BCUT2D eigenvalue weighted by Gasteiger charge is -2.26. The quantitative estimate of drug-likeness (QED) is 0.652. The van der Waals surface area contributed by atoms with E-state index in [9.17, 15) is 27.5 Å². The van der Waals surface area contributed by atoms with Crippen LogP contribution in [0, 0.1) is 5.82 Å². The highest BCUT2D eigenvalue weighted by molar-refractivity contribution is 5.78. The van der Waals surface area contributed by atoms with Crippen molar-refractivity contribution in [3.63, 3.8) is 0 Å². The Morgan fingerprint density at radius 2 is 1.86 bits per heavy atom. The fourth-order valence-corrected chi connectivity index (χ4v) is 2.88. The van der Waals surface area contributed by atoms with Crippen LogP contribution in [0.3, 0.4) is 0 Å². The summed E-state index contributed by atoms with van der Waals surface area (Å²) in [6.45, 7) is -0.805. The van der Waals surface area contributed by atoms with Gasteiger partial charge in [0.2, 0.25) is 5.91 Å². The number of ether oxygens (including phenoxy) is 1. The maximum absolute atomic E-state index is 13.2. The first-order chi connectivity index (χ1) is 13.7. The molecular formula is C20H22F4N2O3. The smallest absolute Gasteiger partial charge is 0.416 e. The van der Waals surface area contributed by atoms with Crippen LogP contribution in [0.5, 0.6) is 5.75 Å². The van der Waals surface area contributed by atoms with Crippen molar-refractivity contribution < 1.29 is 32.2 Å². The molecule has 5 nitrogen and oxygen atoms in total. The first-order valence-corrected chi connectivity index (χ1v) is 8.73. The predicted octanol–water partition coefficient (Wildman–Crippen LogP) is 3.13. The molecule has 0 spiro atoms. The topological polar surface area (TPSA) is 61.8 Å². The second-order valence-corrected chi connectivity index (χ2v) is 6.46. The van der Waals surface area contributed by atoms with Gasteiger partial charge in [0.05, 0.1) is 31.9 Å². The van der Waals surface area contributed by atoms with Gasteiger partial charge in [0.25, 0.3) is 0 Å². The molecule has 2 aromatic carbocycles. The Kier molecular flexibility index (Phi) is 7.58. The molecule has 0 saturated carbocycles. The normalized spacial score (nSPS) is 12.7. The number of aliphatic hydroxyl groups is 1. The number of halogens is 4. The van der Waals surface area contributed by atoms with Crippen LogP contribution in [0.4, 0.5) is 17.6 Å². The Morgan fingerprint density at radius 3 is 2.41 bits per heavy atom. The molecule has 0 aliphatic heterocycles. The Labute approximate surface area is 165 Å². The molecule has 0 aliphatic carbocycles. The lowest BCUT2D eigenvalue weighted by Crippen LogP contribution is -2.38. The molecule has 1 unspecified atom stereocenters. The molecule has 0 fully saturated rings. The molecule has 0 aliphatic rings. The number of rotatable bonds is 8. The number of likely N-dealkylation sites (N-methyl/N-ethyl adjacent to an activating group) is 1. The van der Waals surface area contributed by atoms with Gasteiger partial charge in [-0.2, -0.15) is 13.2 Å².